The second-order valence-corrected chi connectivity index (χ2v) is 7.84. The van der Waals surface area contributed by atoms with Crippen LogP contribution in [0.1, 0.15) is 25.2 Å². The summed E-state index contributed by atoms with van der Waals surface area (Å²) in [6.45, 7) is 3.84. The van der Waals surface area contributed by atoms with E-state index in [9.17, 15) is 9.36 Å². The maximum atomic E-state index is 13.2. The molecule has 1 atom stereocenters. The molecule has 2 aromatic rings. The summed E-state index contributed by atoms with van der Waals surface area (Å²) in [4.78, 5) is 12.4. The average Bonchev–Trinajstić information content (AvgIpc) is 2.63. The number of hydrogen-bond donors (Lipinski definition) is 2. The van der Waals surface area contributed by atoms with E-state index in [1.807, 2.05) is 6.07 Å². The van der Waals surface area contributed by atoms with E-state index in [-0.39, 0.29) is 13.2 Å². The summed E-state index contributed by atoms with van der Waals surface area (Å²) in [7, 11) is -3.61. The zero-order valence-corrected chi connectivity index (χ0v) is 16.3. The number of anilines is 1. The zero-order valence-electron chi connectivity index (χ0n) is 14.6. The molecule has 8 heteroatoms. The van der Waals surface area contributed by atoms with E-state index < -0.39 is 19.4 Å². The minimum Gasteiger partial charge on any atom is -0.320 e. The Kier molecular flexibility index (Phi) is 7.66. The molecule has 0 saturated carbocycles. The maximum Gasteiger partial charge on any atom is 0.357 e. The normalized spacial score (nSPS) is 12.4. The largest absolute Gasteiger partial charge is 0.357 e. The fourth-order valence-electron chi connectivity index (χ4n) is 2.35. The lowest BCUT2D eigenvalue weighted by Crippen LogP contribution is -2.33. The van der Waals surface area contributed by atoms with Crippen LogP contribution in [-0.2, 0) is 13.6 Å². The predicted molar refractivity (Wildman–Crippen MR) is 104 cm³/mol. The molecule has 26 heavy (non-hydrogen) atoms. The highest BCUT2D eigenvalue weighted by molar-refractivity contribution is 7.54. The number of halogens is 1. The van der Waals surface area contributed by atoms with Crippen LogP contribution < -0.4 is 10.6 Å². The number of amides is 2. The van der Waals surface area contributed by atoms with E-state index >= 15 is 0 Å². The molecule has 0 bridgehead atoms. The molecule has 2 amide bonds. The molecule has 0 saturated heterocycles. The van der Waals surface area contributed by atoms with Gasteiger partial charge >= 0.3 is 13.6 Å². The Morgan fingerprint density at radius 2 is 1.62 bits per heavy atom. The van der Waals surface area contributed by atoms with E-state index in [1.165, 1.54) is 0 Å². The van der Waals surface area contributed by atoms with Gasteiger partial charge in [0.25, 0.3) is 0 Å². The predicted octanol–water partition coefficient (Wildman–Crippen LogP) is 5.43. The van der Waals surface area contributed by atoms with Gasteiger partial charge in [0, 0.05) is 10.7 Å². The number of carbonyl (C=O) groups excluding carboxylic acids is 1. The maximum absolute atomic E-state index is 13.2. The molecule has 2 aromatic carbocycles. The fraction of sp³-hybridized carbons (Fsp3) is 0.278. The summed E-state index contributed by atoms with van der Waals surface area (Å²) < 4.78 is 24.1. The van der Waals surface area contributed by atoms with Gasteiger partial charge in [-0.15, -0.1) is 0 Å². The average molecular weight is 397 g/mol. The molecule has 0 aliphatic heterocycles. The molecule has 0 aliphatic rings. The quantitative estimate of drug-likeness (QED) is 0.583. The first-order valence-corrected chi connectivity index (χ1v) is 10.2. The van der Waals surface area contributed by atoms with Gasteiger partial charge in [0.2, 0.25) is 0 Å². The number of nitrogens with one attached hydrogen (secondary N) is 2. The molecule has 0 spiro atoms. The summed E-state index contributed by atoms with van der Waals surface area (Å²) in [6.07, 6.45) is 0. The molecular weight excluding hydrogens is 375 g/mol. The molecule has 0 heterocycles. The van der Waals surface area contributed by atoms with Crippen LogP contribution in [0.25, 0.3) is 0 Å². The van der Waals surface area contributed by atoms with Gasteiger partial charge in [0.15, 0.2) is 5.78 Å². The first kappa shape index (κ1) is 20.5. The molecule has 0 fully saturated rings. The molecule has 6 nitrogen and oxygen atoms in total. The van der Waals surface area contributed by atoms with E-state index in [0.29, 0.717) is 16.3 Å². The van der Waals surface area contributed by atoms with Crippen LogP contribution >= 0.6 is 19.2 Å². The molecule has 140 valence electrons. The highest BCUT2D eigenvalue weighted by Gasteiger charge is 2.38. The SMILES string of the molecule is CCOP(=O)(OCC)[C@H](NC(=O)Nc1ccc(Cl)cc1)c1ccccc1. The lowest BCUT2D eigenvalue weighted by molar-refractivity contribution is 0.205. The lowest BCUT2D eigenvalue weighted by atomic mass is 10.2. The van der Waals surface area contributed by atoms with Crippen molar-refractivity contribution in [2.75, 3.05) is 18.5 Å². The Bertz CT molecular complexity index is 746. The van der Waals surface area contributed by atoms with Crippen LogP contribution in [0.2, 0.25) is 5.02 Å². The third-order valence-electron chi connectivity index (χ3n) is 3.42. The number of rotatable bonds is 8. The van der Waals surface area contributed by atoms with E-state index in [1.54, 1.807) is 62.4 Å². The van der Waals surface area contributed by atoms with Gasteiger partial charge in [-0.3, -0.25) is 4.57 Å². The van der Waals surface area contributed by atoms with Crippen LogP contribution in [0, 0.1) is 0 Å². The highest BCUT2D eigenvalue weighted by atomic mass is 35.5. The van der Waals surface area contributed by atoms with Gasteiger partial charge in [0.05, 0.1) is 13.2 Å². The van der Waals surface area contributed by atoms with E-state index in [0.717, 1.165) is 0 Å². The summed E-state index contributed by atoms with van der Waals surface area (Å²) in [5.41, 5.74) is 1.19. The third kappa shape index (κ3) is 5.58. The van der Waals surface area contributed by atoms with Gasteiger partial charge in [-0.05, 0) is 43.7 Å². The van der Waals surface area contributed by atoms with E-state index in [4.69, 9.17) is 20.6 Å². The third-order valence-corrected chi connectivity index (χ3v) is 5.97. The summed E-state index contributed by atoms with van der Waals surface area (Å²) in [5, 5.41) is 5.96. The van der Waals surface area contributed by atoms with Crippen molar-refractivity contribution in [3.05, 3.63) is 65.2 Å². The van der Waals surface area contributed by atoms with Crippen molar-refractivity contribution in [1.82, 2.24) is 5.32 Å². The standard InChI is InChI=1S/C18H22ClN2O4P/c1-3-24-26(23,25-4-2)17(14-8-6-5-7-9-14)21-18(22)20-16-12-10-15(19)11-13-16/h5-13,17H,3-4H2,1-2H3,(H2,20,21,22)/t17-/m0/s1. The molecule has 0 unspecified atom stereocenters. The van der Waals surface area contributed by atoms with Gasteiger partial charge in [-0.2, -0.15) is 0 Å². The van der Waals surface area contributed by atoms with E-state index in [2.05, 4.69) is 10.6 Å². The van der Waals surface area contributed by atoms with Crippen LogP contribution in [0.5, 0.6) is 0 Å². The van der Waals surface area contributed by atoms with Gasteiger partial charge in [-0.25, -0.2) is 4.79 Å². The van der Waals surface area contributed by atoms with Crippen molar-refractivity contribution < 1.29 is 18.4 Å². The van der Waals surface area contributed by atoms with Crippen LogP contribution in [0.3, 0.4) is 0 Å². The van der Waals surface area contributed by atoms with Crippen molar-refractivity contribution in [3.8, 4) is 0 Å². The molecule has 0 aliphatic carbocycles. The Morgan fingerprint density at radius 1 is 1.04 bits per heavy atom. The summed E-state index contributed by atoms with van der Waals surface area (Å²) in [5.74, 6) is -0.934. The Hall–Kier alpha value is -1.85. The lowest BCUT2D eigenvalue weighted by Gasteiger charge is -2.27. The topological polar surface area (TPSA) is 76.7 Å². The number of hydrogen-bond acceptors (Lipinski definition) is 4. The fourth-order valence-corrected chi connectivity index (χ4v) is 4.38. The number of carbonyl (C=O) groups is 1. The molecule has 0 aromatic heterocycles. The molecule has 2 N–H and O–H groups in total. The second kappa shape index (κ2) is 9.74. The Labute approximate surface area is 158 Å². The monoisotopic (exact) mass is 396 g/mol. The van der Waals surface area contributed by atoms with Gasteiger partial charge in [-0.1, -0.05) is 41.9 Å². The molecular formula is C18H22ClN2O4P. The van der Waals surface area contributed by atoms with Crippen LogP contribution in [-0.4, -0.2) is 19.2 Å². The van der Waals surface area contributed by atoms with Gasteiger partial charge < -0.3 is 19.7 Å². The first-order valence-electron chi connectivity index (χ1n) is 8.25. The summed E-state index contributed by atoms with van der Waals surface area (Å²) >= 11 is 5.84. The van der Waals surface area contributed by atoms with Crippen molar-refractivity contribution in [1.29, 1.82) is 0 Å². The van der Waals surface area contributed by atoms with Crippen LogP contribution in [0.15, 0.2) is 54.6 Å². The van der Waals surface area contributed by atoms with Gasteiger partial charge in [0.1, 0.15) is 0 Å². The van der Waals surface area contributed by atoms with Crippen LogP contribution in [0.4, 0.5) is 10.5 Å². The van der Waals surface area contributed by atoms with Crippen molar-refractivity contribution in [2.45, 2.75) is 19.6 Å². The summed E-state index contributed by atoms with van der Waals surface area (Å²) in [6, 6.07) is 15.1. The van der Waals surface area contributed by atoms with Crippen molar-refractivity contribution in [2.24, 2.45) is 0 Å². The minimum atomic E-state index is -3.61. The smallest absolute Gasteiger partial charge is 0.320 e. The highest BCUT2D eigenvalue weighted by Crippen LogP contribution is 2.59. The minimum absolute atomic E-state index is 0.196. The number of urea groups is 1. The van der Waals surface area contributed by atoms with Crippen molar-refractivity contribution >= 4 is 30.9 Å². The Balaban J connectivity index is 2.24. The zero-order chi connectivity index (χ0) is 19.0. The Morgan fingerprint density at radius 3 is 2.15 bits per heavy atom. The second-order valence-electron chi connectivity index (χ2n) is 5.29. The van der Waals surface area contributed by atoms with Crippen molar-refractivity contribution in [3.63, 3.8) is 0 Å². The molecule has 2 rings (SSSR count). The molecule has 0 radical (unpaired) electrons. The number of benzene rings is 2. The first-order chi connectivity index (χ1) is 12.5.